The van der Waals surface area contributed by atoms with Crippen molar-refractivity contribution in [3.63, 3.8) is 0 Å². The number of nitrogens with zero attached hydrogens (tertiary/aromatic N) is 2. The summed E-state index contributed by atoms with van der Waals surface area (Å²) in [7, 11) is 2.10. The number of hydrogen-bond donors (Lipinski definition) is 1. The van der Waals surface area contributed by atoms with Gasteiger partial charge in [0.1, 0.15) is 0 Å². The van der Waals surface area contributed by atoms with E-state index in [1.807, 2.05) is 6.07 Å². The molecule has 1 aliphatic heterocycles. The Labute approximate surface area is 170 Å². The third kappa shape index (κ3) is 3.97. The summed E-state index contributed by atoms with van der Waals surface area (Å²) in [6.07, 6.45) is 2.63. The lowest BCUT2D eigenvalue weighted by Gasteiger charge is -2.45. The highest BCUT2D eigenvalue weighted by molar-refractivity contribution is 6.34. The van der Waals surface area contributed by atoms with Gasteiger partial charge >= 0.3 is 0 Å². The molecule has 0 radical (unpaired) electrons. The van der Waals surface area contributed by atoms with Gasteiger partial charge in [-0.3, -0.25) is 4.79 Å². The van der Waals surface area contributed by atoms with E-state index < -0.39 is 0 Å². The average Bonchev–Trinajstić information content (AvgIpc) is 2.60. The highest BCUT2D eigenvalue weighted by Gasteiger charge is 2.34. The summed E-state index contributed by atoms with van der Waals surface area (Å²) >= 11 is 12.5. The van der Waals surface area contributed by atoms with Crippen LogP contribution in [0.3, 0.4) is 0 Å². The van der Waals surface area contributed by atoms with E-state index in [1.54, 1.807) is 30.5 Å². The lowest BCUT2D eigenvalue weighted by Crippen LogP contribution is -2.45. The zero-order valence-corrected chi connectivity index (χ0v) is 17.4. The van der Waals surface area contributed by atoms with Crippen molar-refractivity contribution < 1.29 is 4.79 Å². The SMILES string of the molecule is C[C@H]1CC(C)(C)N(C)c2cc(Cl)c(/C=N\NC(=O)c3ccccc3Cl)cc21. The van der Waals surface area contributed by atoms with Gasteiger partial charge in [0.25, 0.3) is 5.91 Å². The second-order valence-electron chi connectivity index (χ2n) is 7.59. The summed E-state index contributed by atoms with van der Waals surface area (Å²) in [5.41, 5.74) is 6.11. The van der Waals surface area contributed by atoms with Crippen LogP contribution in [0.1, 0.15) is 54.6 Å². The Balaban J connectivity index is 1.82. The van der Waals surface area contributed by atoms with Crippen molar-refractivity contribution in [1.29, 1.82) is 0 Å². The van der Waals surface area contributed by atoms with Crippen LogP contribution in [0, 0.1) is 0 Å². The van der Waals surface area contributed by atoms with E-state index in [9.17, 15) is 4.79 Å². The fraction of sp³-hybridized carbons (Fsp3) is 0.333. The Bertz CT molecular complexity index is 908. The van der Waals surface area contributed by atoms with Crippen LogP contribution < -0.4 is 10.3 Å². The molecule has 1 heterocycles. The molecule has 6 heteroatoms. The predicted octanol–water partition coefficient (Wildman–Crippen LogP) is 5.48. The maximum absolute atomic E-state index is 12.2. The van der Waals surface area contributed by atoms with Gasteiger partial charge in [0.05, 0.1) is 21.8 Å². The van der Waals surface area contributed by atoms with Gasteiger partial charge in [-0.15, -0.1) is 0 Å². The summed E-state index contributed by atoms with van der Waals surface area (Å²) in [6.45, 7) is 6.70. The third-order valence-electron chi connectivity index (χ3n) is 5.24. The summed E-state index contributed by atoms with van der Waals surface area (Å²) in [5.74, 6) is 0.0501. The van der Waals surface area contributed by atoms with Gasteiger partial charge in [0.2, 0.25) is 0 Å². The van der Waals surface area contributed by atoms with E-state index in [0.29, 0.717) is 21.5 Å². The quantitative estimate of drug-likeness (QED) is 0.544. The Morgan fingerprint density at radius 3 is 2.67 bits per heavy atom. The molecule has 0 unspecified atom stereocenters. The minimum Gasteiger partial charge on any atom is -0.369 e. The number of hydrazone groups is 1. The smallest absolute Gasteiger partial charge is 0.272 e. The molecule has 0 aromatic heterocycles. The Morgan fingerprint density at radius 1 is 1.26 bits per heavy atom. The topological polar surface area (TPSA) is 44.7 Å². The molecule has 3 rings (SSSR count). The molecule has 1 N–H and O–H groups in total. The fourth-order valence-corrected chi connectivity index (χ4v) is 4.00. The number of rotatable bonds is 3. The van der Waals surface area contributed by atoms with Crippen LogP contribution in [-0.2, 0) is 0 Å². The van der Waals surface area contributed by atoms with Crippen LogP contribution >= 0.6 is 23.2 Å². The summed E-state index contributed by atoms with van der Waals surface area (Å²) in [6, 6.07) is 10.9. The molecule has 1 amide bonds. The van der Waals surface area contributed by atoms with Crippen LogP contribution in [0.2, 0.25) is 10.0 Å². The largest absolute Gasteiger partial charge is 0.369 e. The standard InChI is InChI=1S/C21H23Cl2N3O/c1-13-11-21(2,3)26(4)19-10-18(23)14(9-16(13)19)12-24-25-20(27)15-7-5-6-8-17(15)22/h5-10,12-13H,11H2,1-4H3,(H,25,27)/b24-12-/t13-/m0/s1. The van der Waals surface area contributed by atoms with Crippen LogP contribution in [0.5, 0.6) is 0 Å². The fourth-order valence-electron chi connectivity index (χ4n) is 3.57. The molecule has 142 valence electrons. The van der Waals surface area contributed by atoms with Crippen LogP contribution in [0.25, 0.3) is 0 Å². The third-order valence-corrected chi connectivity index (χ3v) is 5.90. The van der Waals surface area contributed by atoms with Gasteiger partial charge in [0.15, 0.2) is 0 Å². The normalized spacial score (nSPS) is 18.4. The second-order valence-corrected chi connectivity index (χ2v) is 8.40. The van der Waals surface area contributed by atoms with Gasteiger partial charge < -0.3 is 4.90 Å². The summed E-state index contributed by atoms with van der Waals surface area (Å²) in [5, 5.41) is 5.04. The van der Waals surface area contributed by atoms with Crippen molar-refractivity contribution in [1.82, 2.24) is 5.43 Å². The molecule has 2 aromatic carbocycles. The number of fused-ring (bicyclic) bond motifs is 1. The van der Waals surface area contributed by atoms with Crippen molar-refractivity contribution in [3.05, 3.63) is 63.1 Å². The molecule has 0 aliphatic carbocycles. The lowest BCUT2D eigenvalue weighted by atomic mass is 9.80. The number of nitrogens with one attached hydrogen (secondary N) is 1. The molecule has 0 bridgehead atoms. The zero-order chi connectivity index (χ0) is 19.8. The maximum atomic E-state index is 12.2. The molecule has 4 nitrogen and oxygen atoms in total. The van der Waals surface area contributed by atoms with Gasteiger partial charge in [-0.05, 0) is 56.0 Å². The van der Waals surface area contributed by atoms with E-state index in [4.69, 9.17) is 23.2 Å². The van der Waals surface area contributed by atoms with Crippen LogP contribution in [0.15, 0.2) is 41.5 Å². The summed E-state index contributed by atoms with van der Waals surface area (Å²) in [4.78, 5) is 14.5. The van der Waals surface area contributed by atoms with E-state index in [2.05, 4.69) is 49.3 Å². The molecule has 0 spiro atoms. The monoisotopic (exact) mass is 403 g/mol. The number of halogens is 2. The molecular formula is C21H23Cl2N3O. The van der Waals surface area contributed by atoms with E-state index >= 15 is 0 Å². The predicted molar refractivity (Wildman–Crippen MR) is 113 cm³/mol. The van der Waals surface area contributed by atoms with Crippen molar-refractivity contribution in [3.8, 4) is 0 Å². The van der Waals surface area contributed by atoms with Gasteiger partial charge in [-0.25, -0.2) is 5.43 Å². The van der Waals surface area contributed by atoms with Crippen molar-refractivity contribution in [2.45, 2.75) is 38.6 Å². The molecule has 0 saturated carbocycles. The number of hydrogen-bond acceptors (Lipinski definition) is 3. The first-order chi connectivity index (χ1) is 12.7. The minimum absolute atomic E-state index is 0.0777. The molecular weight excluding hydrogens is 381 g/mol. The number of benzene rings is 2. The molecule has 27 heavy (non-hydrogen) atoms. The van der Waals surface area contributed by atoms with Crippen LogP contribution in [-0.4, -0.2) is 24.7 Å². The zero-order valence-electron chi connectivity index (χ0n) is 15.9. The first-order valence-corrected chi connectivity index (χ1v) is 9.61. The number of anilines is 1. The minimum atomic E-state index is -0.360. The lowest BCUT2D eigenvalue weighted by molar-refractivity contribution is 0.0955. The van der Waals surface area contributed by atoms with Gasteiger partial charge in [-0.2, -0.15) is 5.10 Å². The van der Waals surface area contributed by atoms with Gasteiger partial charge in [-0.1, -0.05) is 42.3 Å². The van der Waals surface area contributed by atoms with E-state index in [-0.39, 0.29) is 11.4 Å². The van der Waals surface area contributed by atoms with Crippen molar-refractivity contribution in [2.24, 2.45) is 5.10 Å². The van der Waals surface area contributed by atoms with E-state index in [0.717, 1.165) is 17.7 Å². The second kappa shape index (κ2) is 7.53. The molecule has 2 aromatic rings. The molecule has 1 aliphatic rings. The highest BCUT2D eigenvalue weighted by Crippen LogP contribution is 2.44. The molecule has 0 saturated heterocycles. The highest BCUT2D eigenvalue weighted by atomic mass is 35.5. The number of carbonyl (C=O) groups excluding carboxylic acids is 1. The Hall–Kier alpha value is -2.04. The van der Waals surface area contributed by atoms with E-state index in [1.165, 1.54) is 5.56 Å². The molecule has 0 fully saturated rings. The number of amides is 1. The van der Waals surface area contributed by atoms with Crippen LogP contribution in [0.4, 0.5) is 5.69 Å². The van der Waals surface area contributed by atoms with Gasteiger partial charge in [0, 0.05) is 23.8 Å². The number of carbonyl (C=O) groups is 1. The average molecular weight is 404 g/mol. The maximum Gasteiger partial charge on any atom is 0.272 e. The Kier molecular flexibility index (Phi) is 5.50. The first kappa shape index (κ1) is 19.7. The van der Waals surface area contributed by atoms with Crippen molar-refractivity contribution in [2.75, 3.05) is 11.9 Å². The summed E-state index contributed by atoms with van der Waals surface area (Å²) < 4.78 is 0. The first-order valence-electron chi connectivity index (χ1n) is 8.86. The van der Waals surface area contributed by atoms with Crippen molar-refractivity contribution >= 4 is 41.0 Å². The Morgan fingerprint density at radius 2 is 1.96 bits per heavy atom. The molecule has 1 atom stereocenters.